The van der Waals surface area contributed by atoms with E-state index in [-0.39, 0.29) is 24.2 Å². The average Bonchev–Trinajstić information content (AvgIpc) is 2.01. The number of hydrogen-bond acceptors (Lipinski definition) is 3. The summed E-state index contributed by atoms with van der Waals surface area (Å²) >= 11 is 0. The van der Waals surface area contributed by atoms with Crippen LogP contribution in [0.25, 0.3) is 0 Å². The van der Waals surface area contributed by atoms with Crippen molar-refractivity contribution < 1.29 is 14.3 Å². The highest BCUT2D eigenvalue weighted by Crippen LogP contribution is 2.02. The van der Waals surface area contributed by atoms with E-state index in [2.05, 4.69) is 5.32 Å². The van der Waals surface area contributed by atoms with Crippen LogP contribution in [0.1, 0.15) is 27.2 Å². The second-order valence-electron chi connectivity index (χ2n) is 3.75. The molecule has 0 rings (SSSR count). The summed E-state index contributed by atoms with van der Waals surface area (Å²) in [5.41, 5.74) is 0. The van der Waals surface area contributed by atoms with Gasteiger partial charge in [0.25, 0.3) is 0 Å². The molecular formula is C10H19NO3. The number of methoxy groups -OCH3 is 1. The van der Waals surface area contributed by atoms with E-state index in [1.54, 1.807) is 7.11 Å². The fraction of sp³-hybridized carbons (Fsp3) is 0.800. The summed E-state index contributed by atoms with van der Waals surface area (Å²) < 4.78 is 4.97. The van der Waals surface area contributed by atoms with Crippen molar-refractivity contribution in [3.05, 3.63) is 0 Å². The Bertz CT molecular complexity index is 202. The Morgan fingerprint density at radius 3 is 2.29 bits per heavy atom. The molecule has 0 bridgehead atoms. The smallest absolute Gasteiger partial charge is 0.227 e. The predicted octanol–water partition coefficient (Wildman–Crippen LogP) is 0.753. The first-order chi connectivity index (χ1) is 6.47. The second kappa shape index (κ2) is 6.54. The van der Waals surface area contributed by atoms with Gasteiger partial charge in [-0.05, 0) is 12.8 Å². The first-order valence-electron chi connectivity index (χ1n) is 4.75. The number of ether oxygens (including phenoxy) is 1. The van der Waals surface area contributed by atoms with E-state index in [9.17, 15) is 9.59 Å². The molecule has 0 heterocycles. The summed E-state index contributed by atoms with van der Waals surface area (Å²) in [6.07, 6.45) is -0.0487. The molecule has 0 saturated carbocycles. The maximum absolute atomic E-state index is 11.3. The van der Waals surface area contributed by atoms with Crippen molar-refractivity contribution in [2.75, 3.05) is 13.7 Å². The van der Waals surface area contributed by atoms with Gasteiger partial charge in [-0.2, -0.15) is 0 Å². The molecule has 0 aromatic heterocycles. The van der Waals surface area contributed by atoms with Crippen LogP contribution < -0.4 is 5.32 Å². The molecule has 1 amide bonds. The topological polar surface area (TPSA) is 55.4 Å². The number of hydrogen-bond donors (Lipinski definition) is 1. The first-order valence-corrected chi connectivity index (χ1v) is 4.75. The number of carbonyl (C=O) groups excluding carboxylic acids is 2. The molecule has 0 aromatic rings. The van der Waals surface area contributed by atoms with Crippen molar-refractivity contribution >= 4 is 11.7 Å². The molecule has 4 heteroatoms. The molecule has 1 unspecified atom stereocenters. The Labute approximate surface area is 85.0 Å². The van der Waals surface area contributed by atoms with Gasteiger partial charge in [0.05, 0.1) is 19.1 Å². The van der Waals surface area contributed by atoms with Gasteiger partial charge in [0.15, 0.2) is 0 Å². The molecule has 4 nitrogen and oxygen atoms in total. The predicted molar refractivity (Wildman–Crippen MR) is 53.9 cm³/mol. The largest absolute Gasteiger partial charge is 0.383 e. The lowest BCUT2D eigenvalue weighted by molar-refractivity contribution is -0.128. The molecule has 0 radical (unpaired) electrons. The van der Waals surface area contributed by atoms with Crippen LogP contribution in [0, 0.1) is 5.92 Å². The second-order valence-corrected chi connectivity index (χ2v) is 3.75. The van der Waals surface area contributed by atoms with Crippen molar-refractivity contribution in [2.45, 2.75) is 33.2 Å². The standard InChI is InChI=1S/C10H19NO3/c1-7(2)9(6-14-4)11-10(13)5-8(3)12/h7,9H,5-6H2,1-4H3,(H,11,13). The highest BCUT2D eigenvalue weighted by molar-refractivity contribution is 5.96. The molecule has 1 N–H and O–H groups in total. The van der Waals surface area contributed by atoms with Crippen LogP contribution in [0.15, 0.2) is 0 Å². The van der Waals surface area contributed by atoms with Crippen LogP contribution in [-0.2, 0) is 14.3 Å². The van der Waals surface area contributed by atoms with Gasteiger partial charge in [0, 0.05) is 7.11 Å². The van der Waals surface area contributed by atoms with E-state index in [1.807, 2.05) is 13.8 Å². The molecule has 1 atom stereocenters. The summed E-state index contributed by atoms with van der Waals surface area (Å²) in [6, 6.07) is -0.0214. The van der Waals surface area contributed by atoms with E-state index in [0.717, 1.165) is 0 Å². The van der Waals surface area contributed by atoms with Crippen LogP contribution >= 0.6 is 0 Å². The fourth-order valence-corrected chi connectivity index (χ4v) is 1.06. The van der Waals surface area contributed by atoms with Crippen molar-refractivity contribution in [1.82, 2.24) is 5.32 Å². The molecule has 0 aromatic carbocycles. The van der Waals surface area contributed by atoms with Crippen molar-refractivity contribution in [3.63, 3.8) is 0 Å². The fourth-order valence-electron chi connectivity index (χ4n) is 1.06. The summed E-state index contributed by atoms with van der Waals surface area (Å²) in [6.45, 7) is 5.87. The van der Waals surface area contributed by atoms with Crippen LogP contribution in [0.2, 0.25) is 0 Å². The minimum atomic E-state index is -0.228. The third-order valence-corrected chi connectivity index (χ3v) is 1.91. The van der Waals surface area contributed by atoms with Gasteiger partial charge in [-0.25, -0.2) is 0 Å². The van der Waals surface area contributed by atoms with Crippen molar-refractivity contribution in [3.8, 4) is 0 Å². The molecule has 0 aliphatic carbocycles. The Balaban J connectivity index is 4.02. The normalized spacial score (nSPS) is 12.6. The number of rotatable bonds is 6. The number of nitrogens with one attached hydrogen (secondary N) is 1. The average molecular weight is 201 g/mol. The number of amides is 1. The van der Waals surface area contributed by atoms with Gasteiger partial charge in [0.1, 0.15) is 5.78 Å². The third kappa shape index (κ3) is 5.70. The Morgan fingerprint density at radius 1 is 1.36 bits per heavy atom. The minimum Gasteiger partial charge on any atom is -0.383 e. The van der Waals surface area contributed by atoms with Gasteiger partial charge in [-0.3, -0.25) is 9.59 Å². The summed E-state index contributed by atoms with van der Waals surface area (Å²) in [5, 5.41) is 2.76. The monoisotopic (exact) mass is 201 g/mol. The Morgan fingerprint density at radius 2 is 1.93 bits per heavy atom. The Kier molecular flexibility index (Phi) is 6.12. The number of carbonyl (C=O) groups is 2. The minimum absolute atomic E-state index is 0.0214. The van der Waals surface area contributed by atoms with E-state index in [1.165, 1.54) is 6.92 Å². The van der Waals surface area contributed by atoms with Gasteiger partial charge >= 0.3 is 0 Å². The number of Topliss-reactive ketones (excluding diaryl/α,β-unsaturated/α-hetero) is 1. The lowest BCUT2D eigenvalue weighted by atomic mass is 10.1. The van der Waals surface area contributed by atoms with Crippen LogP contribution in [0.3, 0.4) is 0 Å². The van der Waals surface area contributed by atoms with E-state index in [4.69, 9.17) is 4.74 Å². The van der Waals surface area contributed by atoms with Gasteiger partial charge in [-0.15, -0.1) is 0 Å². The molecule has 0 saturated heterocycles. The van der Waals surface area contributed by atoms with Crippen molar-refractivity contribution in [1.29, 1.82) is 0 Å². The molecule has 0 aliphatic heterocycles. The van der Waals surface area contributed by atoms with Gasteiger partial charge in [-0.1, -0.05) is 13.8 Å². The summed E-state index contributed by atoms with van der Waals surface area (Å²) in [7, 11) is 1.59. The first kappa shape index (κ1) is 13.1. The highest BCUT2D eigenvalue weighted by Gasteiger charge is 2.16. The zero-order valence-corrected chi connectivity index (χ0v) is 9.29. The maximum atomic E-state index is 11.3. The number of ketones is 1. The zero-order chi connectivity index (χ0) is 11.1. The lowest BCUT2D eigenvalue weighted by Crippen LogP contribution is -2.42. The molecular weight excluding hydrogens is 182 g/mol. The summed E-state index contributed by atoms with van der Waals surface area (Å²) in [4.78, 5) is 21.9. The SMILES string of the molecule is COCC(NC(=O)CC(C)=O)C(C)C. The molecule has 14 heavy (non-hydrogen) atoms. The molecule has 0 fully saturated rings. The van der Waals surface area contributed by atoms with E-state index < -0.39 is 0 Å². The quantitative estimate of drug-likeness (QED) is 0.645. The molecule has 0 spiro atoms. The van der Waals surface area contributed by atoms with E-state index >= 15 is 0 Å². The Hall–Kier alpha value is -0.900. The highest BCUT2D eigenvalue weighted by atomic mass is 16.5. The zero-order valence-electron chi connectivity index (χ0n) is 9.29. The maximum Gasteiger partial charge on any atom is 0.227 e. The van der Waals surface area contributed by atoms with Crippen LogP contribution in [-0.4, -0.2) is 31.4 Å². The van der Waals surface area contributed by atoms with Gasteiger partial charge in [0.2, 0.25) is 5.91 Å². The van der Waals surface area contributed by atoms with E-state index in [0.29, 0.717) is 12.5 Å². The lowest BCUT2D eigenvalue weighted by Gasteiger charge is -2.21. The molecule has 0 aliphatic rings. The van der Waals surface area contributed by atoms with Gasteiger partial charge < -0.3 is 10.1 Å². The van der Waals surface area contributed by atoms with Crippen LogP contribution in [0.4, 0.5) is 0 Å². The third-order valence-electron chi connectivity index (χ3n) is 1.91. The summed E-state index contributed by atoms with van der Waals surface area (Å²) in [5.74, 6) is -0.0541. The molecule has 82 valence electrons. The van der Waals surface area contributed by atoms with Crippen molar-refractivity contribution in [2.24, 2.45) is 5.92 Å². The van der Waals surface area contributed by atoms with Crippen LogP contribution in [0.5, 0.6) is 0 Å².